The number of carbonyl (C=O) groups is 2. The summed E-state index contributed by atoms with van der Waals surface area (Å²) in [5.74, 6) is -0.403. The van der Waals surface area contributed by atoms with Gasteiger partial charge in [-0.15, -0.1) is 11.3 Å². The van der Waals surface area contributed by atoms with Crippen molar-refractivity contribution in [1.29, 1.82) is 0 Å². The Morgan fingerprint density at radius 2 is 2.09 bits per heavy atom. The quantitative estimate of drug-likeness (QED) is 0.483. The van der Waals surface area contributed by atoms with Crippen LogP contribution in [-0.2, 0) is 9.53 Å². The van der Waals surface area contributed by atoms with E-state index in [0.29, 0.717) is 29.0 Å². The maximum absolute atomic E-state index is 12.8. The van der Waals surface area contributed by atoms with Crippen molar-refractivity contribution in [3.8, 4) is 0 Å². The number of halogens is 1. The van der Waals surface area contributed by atoms with E-state index in [1.54, 1.807) is 12.1 Å². The standard InChI is InChI=1S/C24H31ClN4O4S/c1-28(14-18(30)13-26-24(32)21-6-7-22(25)34-21)17-4-5-20(29-9-2-3-10-29)19(12-17)27-23(31)16-8-11-33-15-16/h4-7,12,16,18,30H,2-3,8-11,13-15H2,1H3,(H,26,32)(H,27,31). The molecule has 8 nitrogen and oxygen atoms in total. The molecule has 2 atom stereocenters. The zero-order chi connectivity index (χ0) is 24.1. The average molecular weight is 507 g/mol. The van der Waals surface area contributed by atoms with E-state index in [2.05, 4.69) is 15.5 Å². The lowest BCUT2D eigenvalue weighted by Gasteiger charge is -2.27. The third-order valence-electron chi connectivity index (χ3n) is 6.21. The first-order chi connectivity index (χ1) is 16.4. The van der Waals surface area contributed by atoms with Crippen molar-refractivity contribution in [3.05, 3.63) is 39.5 Å². The van der Waals surface area contributed by atoms with Crippen molar-refractivity contribution in [1.82, 2.24) is 5.32 Å². The number of benzene rings is 1. The van der Waals surface area contributed by atoms with Crippen LogP contribution in [0.15, 0.2) is 30.3 Å². The summed E-state index contributed by atoms with van der Waals surface area (Å²) in [6.07, 6.45) is 2.25. The summed E-state index contributed by atoms with van der Waals surface area (Å²) in [4.78, 5) is 29.7. The van der Waals surface area contributed by atoms with Gasteiger partial charge in [0.2, 0.25) is 5.91 Å². The normalized spacial score (nSPS) is 18.7. The van der Waals surface area contributed by atoms with E-state index in [-0.39, 0.29) is 24.3 Å². The highest BCUT2D eigenvalue weighted by molar-refractivity contribution is 7.18. The molecule has 3 N–H and O–H groups in total. The molecule has 2 unspecified atom stereocenters. The van der Waals surface area contributed by atoms with Crippen LogP contribution in [0.4, 0.5) is 17.1 Å². The molecule has 1 aromatic carbocycles. The Morgan fingerprint density at radius 3 is 2.76 bits per heavy atom. The Balaban J connectivity index is 1.40. The van der Waals surface area contributed by atoms with Crippen molar-refractivity contribution >= 4 is 51.8 Å². The van der Waals surface area contributed by atoms with Crippen molar-refractivity contribution < 1.29 is 19.4 Å². The molecule has 0 spiro atoms. The number of aliphatic hydroxyl groups is 1. The van der Waals surface area contributed by atoms with E-state index in [4.69, 9.17) is 16.3 Å². The van der Waals surface area contributed by atoms with Gasteiger partial charge in [0.15, 0.2) is 0 Å². The molecule has 2 aliphatic heterocycles. The number of rotatable bonds is 9. The Bertz CT molecular complexity index is 1000. The van der Waals surface area contributed by atoms with Crippen LogP contribution in [0.3, 0.4) is 0 Å². The molecule has 4 rings (SSSR count). The maximum atomic E-state index is 12.8. The molecule has 2 amide bonds. The van der Waals surface area contributed by atoms with Crippen molar-refractivity contribution in [2.45, 2.75) is 25.4 Å². The lowest BCUT2D eigenvalue weighted by molar-refractivity contribution is -0.119. The lowest BCUT2D eigenvalue weighted by atomic mass is 10.1. The number of anilines is 3. The number of thiophene rings is 1. The van der Waals surface area contributed by atoms with Crippen molar-refractivity contribution in [2.24, 2.45) is 5.92 Å². The zero-order valence-corrected chi connectivity index (χ0v) is 20.8. The molecule has 3 heterocycles. The summed E-state index contributed by atoms with van der Waals surface area (Å²) in [5.41, 5.74) is 2.67. The average Bonchev–Trinajstić information content (AvgIpc) is 3.60. The van der Waals surface area contributed by atoms with Crippen LogP contribution in [0.1, 0.15) is 28.9 Å². The Morgan fingerprint density at radius 1 is 1.29 bits per heavy atom. The van der Waals surface area contributed by atoms with Crippen LogP contribution in [0.5, 0.6) is 0 Å². The van der Waals surface area contributed by atoms with Crippen molar-refractivity contribution in [2.75, 3.05) is 61.6 Å². The molecule has 0 aliphatic carbocycles. The van der Waals surface area contributed by atoms with E-state index in [0.717, 1.165) is 49.4 Å². The number of nitrogens with one attached hydrogen (secondary N) is 2. The van der Waals surface area contributed by atoms with E-state index >= 15 is 0 Å². The number of nitrogens with zero attached hydrogens (tertiary/aromatic N) is 2. The SMILES string of the molecule is CN(CC(O)CNC(=O)c1ccc(Cl)s1)c1ccc(N2CCCC2)c(NC(=O)C2CCOC2)c1. The van der Waals surface area contributed by atoms with Gasteiger partial charge in [0.25, 0.3) is 5.91 Å². The highest BCUT2D eigenvalue weighted by Gasteiger charge is 2.26. The van der Waals surface area contributed by atoms with Gasteiger partial charge in [-0.1, -0.05) is 11.6 Å². The molecule has 34 heavy (non-hydrogen) atoms. The zero-order valence-electron chi connectivity index (χ0n) is 19.3. The highest BCUT2D eigenvalue weighted by Crippen LogP contribution is 2.33. The third-order valence-corrected chi connectivity index (χ3v) is 7.44. The van der Waals surface area contributed by atoms with Gasteiger partial charge < -0.3 is 30.3 Å². The van der Waals surface area contributed by atoms with Gasteiger partial charge in [0.05, 0.1) is 39.2 Å². The predicted octanol–water partition coefficient (Wildman–Crippen LogP) is 3.20. The summed E-state index contributed by atoms with van der Waals surface area (Å²) in [7, 11) is 1.88. The lowest BCUT2D eigenvalue weighted by Crippen LogP contribution is -2.38. The number of aliphatic hydroxyl groups excluding tert-OH is 1. The van der Waals surface area contributed by atoms with Gasteiger partial charge in [-0.3, -0.25) is 9.59 Å². The highest BCUT2D eigenvalue weighted by atomic mass is 35.5. The molecular formula is C24H31ClN4O4S. The maximum Gasteiger partial charge on any atom is 0.261 e. The minimum atomic E-state index is -0.767. The fourth-order valence-corrected chi connectivity index (χ4v) is 5.25. The van der Waals surface area contributed by atoms with Crippen molar-refractivity contribution in [3.63, 3.8) is 0 Å². The topological polar surface area (TPSA) is 94.1 Å². The Kier molecular flexibility index (Phi) is 8.31. The Hall–Kier alpha value is -2.33. The van der Waals surface area contributed by atoms with Gasteiger partial charge in [-0.2, -0.15) is 0 Å². The molecular weight excluding hydrogens is 476 g/mol. The predicted molar refractivity (Wildman–Crippen MR) is 136 cm³/mol. The first-order valence-corrected chi connectivity index (χ1v) is 12.8. The second-order valence-electron chi connectivity index (χ2n) is 8.79. The van der Waals surface area contributed by atoms with Gasteiger partial charge in [0, 0.05) is 45.5 Å². The molecule has 2 saturated heterocycles. The number of carbonyl (C=O) groups excluding carboxylic acids is 2. The third kappa shape index (κ3) is 6.21. The Labute approximate surface area is 208 Å². The van der Waals surface area contributed by atoms with Gasteiger partial charge >= 0.3 is 0 Å². The van der Waals surface area contributed by atoms with Crippen LogP contribution < -0.4 is 20.4 Å². The second kappa shape index (κ2) is 11.4. The van der Waals surface area contributed by atoms with Gasteiger partial charge in [-0.05, 0) is 49.6 Å². The first kappa shape index (κ1) is 24.8. The number of amides is 2. The summed E-state index contributed by atoms with van der Waals surface area (Å²) in [6, 6.07) is 9.33. The molecule has 2 fully saturated rings. The minimum Gasteiger partial charge on any atom is -0.389 e. The molecule has 0 bridgehead atoms. The number of hydrogen-bond donors (Lipinski definition) is 3. The van der Waals surface area contributed by atoms with Crippen LogP contribution in [0.2, 0.25) is 4.34 Å². The molecule has 184 valence electrons. The van der Waals surface area contributed by atoms with E-state index in [1.165, 1.54) is 11.3 Å². The number of hydrogen-bond acceptors (Lipinski definition) is 7. The monoisotopic (exact) mass is 506 g/mol. The molecule has 2 aromatic rings. The molecule has 0 saturated carbocycles. The summed E-state index contributed by atoms with van der Waals surface area (Å²) >= 11 is 7.08. The molecule has 1 aromatic heterocycles. The number of likely N-dealkylation sites (N-methyl/N-ethyl adjacent to an activating group) is 1. The van der Waals surface area contributed by atoms with Gasteiger partial charge in [-0.25, -0.2) is 0 Å². The first-order valence-electron chi connectivity index (χ1n) is 11.6. The summed E-state index contributed by atoms with van der Waals surface area (Å²) < 4.78 is 5.93. The molecule has 2 aliphatic rings. The fourth-order valence-electron chi connectivity index (χ4n) is 4.29. The smallest absolute Gasteiger partial charge is 0.261 e. The van der Waals surface area contributed by atoms with E-state index in [9.17, 15) is 14.7 Å². The van der Waals surface area contributed by atoms with Crippen LogP contribution in [0.25, 0.3) is 0 Å². The number of ether oxygens (including phenoxy) is 1. The molecule has 0 radical (unpaired) electrons. The largest absolute Gasteiger partial charge is 0.389 e. The van der Waals surface area contributed by atoms with Crippen LogP contribution in [0, 0.1) is 5.92 Å². The van der Waals surface area contributed by atoms with Gasteiger partial charge in [0.1, 0.15) is 0 Å². The second-order valence-corrected chi connectivity index (χ2v) is 10.5. The van der Waals surface area contributed by atoms with E-state index in [1.807, 2.05) is 30.1 Å². The van der Waals surface area contributed by atoms with E-state index < -0.39 is 6.10 Å². The summed E-state index contributed by atoms with van der Waals surface area (Å²) in [5, 5.41) is 16.4. The molecule has 10 heteroatoms. The fraction of sp³-hybridized carbons (Fsp3) is 0.500. The van der Waals surface area contributed by atoms with Crippen LogP contribution in [-0.4, -0.2) is 69.5 Å². The van der Waals surface area contributed by atoms with Crippen LogP contribution >= 0.6 is 22.9 Å². The minimum absolute atomic E-state index is 0.0193. The summed E-state index contributed by atoms with van der Waals surface area (Å²) in [6.45, 7) is 3.46.